The Morgan fingerprint density at radius 1 is 1.24 bits per heavy atom. The van der Waals surface area contributed by atoms with E-state index in [1.165, 1.54) is 0 Å². The molecule has 0 fully saturated rings. The summed E-state index contributed by atoms with van der Waals surface area (Å²) in [6.07, 6.45) is 6.97. The quantitative estimate of drug-likeness (QED) is 0.782. The molecule has 5 nitrogen and oxygen atoms in total. The van der Waals surface area contributed by atoms with Crippen LogP contribution in [-0.2, 0) is 6.54 Å². The maximum absolute atomic E-state index is 10.3. The highest BCUT2D eigenvalue weighted by atomic mass is 16.5. The average Bonchev–Trinajstić information content (AvgIpc) is 3.18. The Morgan fingerprint density at radius 2 is 2.05 bits per heavy atom. The van der Waals surface area contributed by atoms with Crippen LogP contribution < -0.4 is 4.74 Å². The van der Waals surface area contributed by atoms with Gasteiger partial charge in [0.05, 0.1) is 31.6 Å². The van der Waals surface area contributed by atoms with Crippen molar-refractivity contribution in [3.05, 3.63) is 66.7 Å². The molecule has 0 bridgehead atoms. The van der Waals surface area contributed by atoms with Crippen LogP contribution in [0.4, 0.5) is 0 Å². The predicted octanol–water partition coefficient (Wildman–Crippen LogP) is 2.42. The second-order valence-electron chi connectivity index (χ2n) is 4.80. The number of aliphatic hydroxyl groups is 1. The summed E-state index contributed by atoms with van der Waals surface area (Å²) in [7, 11) is 1.61. The number of aliphatic hydroxyl groups excluding tert-OH is 1. The summed E-state index contributed by atoms with van der Waals surface area (Å²) >= 11 is 0. The number of hydrogen-bond donors (Lipinski definition) is 1. The van der Waals surface area contributed by atoms with Crippen molar-refractivity contribution >= 4 is 0 Å². The molecule has 0 aliphatic carbocycles. The van der Waals surface area contributed by atoms with Gasteiger partial charge in [0.25, 0.3) is 0 Å². The van der Waals surface area contributed by atoms with Crippen molar-refractivity contribution in [1.29, 1.82) is 0 Å². The van der Waals surface area contributed by atoms with Gasteiger partial charge in [0, 0.05) is 18.6 Å². The molecule has 5 heteroatoms. The van der Waals surface area contributed by atoms with E-state index in [1.807, 2.05) is 59.6 Å². The van der Waals surface area contributed by atoms with Gasteiger partial charge in [-0.15, -0.1) is 0 Å². The van der Waals surface area contributed by atoms with Crippen LogP contribution in [0.3, 0.4) is 0 Å². The Hall–Kier alpha value is -2.53. The number of methoxy groups -OCH3 is 1. The Labute approximate surface area is 123 Å². The lowest BCUT2D eigenvalue weighted by Gasteiger charge is -2.12. The minimum atomic E-state index is -0.627. The third kappa shape index (κ3) is 2.98. The first-order chi connectivity index (χ1) is 10.3. The molecule has 3 rings (SSSR count). The molecule has 0 aliphatic rings. The highest BCUT2D eigenvalue weighted by Gasteiger charge is 2.10. The lowest BCUT2D eigenvalue weighted by Crippen LogP contribution is -2.09. The second kappa shape index (κ2) is 5.85. The summed E-state index contributed by atoms with van der Waals surface area (Å²) in [5.41, 5.74) is 1.78. The molecule has 1 N–H and O–H groups in total. The Bertz CT molecular complexity index is 704. The molecule has 0 unspecified atom stereocenters. The molecular weight excluding hydrogens is 266 g/mol. The molecule has 0 spiro atoms. The third-order valence-corrected chi connectivity index (χ3v) is 3.36. The van der Waals surface area contributed by atoms with Crippen molar-refractivity contribution < 1.29 is 9.84 Å². The largest absolute Gasteiger partial charge is 0.497 e. The highest BCUT2D eigenvalue weighted by Crippen LogP contribution is 2.20. The minimum absolute atomic E-state index is 0.397. The lowest BCUT2D eigenvalue weighted by molar-refractivity contribution is 0.151. The van der Waals surface area contributed by atoms with Crippen LogP contribution in [0.25, 0.3) is 5.69 Å². The fourth-order valence-electron chi connectivity index (χ4n) is 2.22. The number of rotatable bonds is 5. The Kier molecular flexibility index (Phi) is 3.75. The number of hydrogen-bond acceptors (Lipinski definition) is 3. The van der Waals surface area contributed by atoms with Gasteiger partial charge in [-0.3, -0.25) is 4.68 Å². The first-order valence-electron chi connectivity index (χ1n) is 6.74. The van der Waals surface area contributed by atoms with Crippen LogP contribution in [0.1, 0.15) is 11.7 Å². The van der Waals surface area contributed by atoms with E-state index < -0.39 is 6.10 Å². The first-order valence-corrected chi connectivity index (χ1v) is 6.74. The number of aromatic nitrogens is 3. The molecule has 0 aliphatic heterocycles. The summed E-state index contributed by atoms with van der Waals surface area (Å²) in [5.74, 6) is 0.736. The number of benzene rings is 1. The SMILES string of the molecule is COc1cccc([C@H](O)Cn2cc(-n3cccc3)cn2)c1. The molecule has 0 saturated heterocycles. The van der Waals surface area contributed by atoms with E-state index in [2.05, 4.69) is 5.10 Å². The maximum Gasteiger partial charge on any atom is 0.119 e. The fourth-order valence-corrected chi connectivity index (χ4v) is 2.22. The van der Waals surface area contributed by atoms with Crippen LogP contribution in [0.5, 0.6) is 5.75 Å². The predicted molar refractivity (Wildman–Crippen MR) is 79.5 cm³/mol. The van der Waals surface area contributed by atoms with E-state index in [0.717, 1.165) is 17.0 Å². The summed E-state index contributed by atoms with van der Waals surface area (Å²) in [4.78, 5) is 0. The molecule has 2 aromatic heterocycles. The molecule has 2 heterocycles. The molecule has 108 valence electrons. The fraction of sp³-hybridized carbons (Fsp3) is 0.188. The summed E-state index contributed by atoms with van der Waals surface area (Å²) in [6, 6.07) is 11.4. The average molecular weight is 283 g/mol. The van der Waals surface area contributed by atoms with Crippen LogP contribution in [0.2, 0.25) is 0 Å². The van der Waals surface area contributed by atoms with Gasteiger partial charge >= 0.3 is 0 Å². The van der Waals surface area contributed by atoms with Crippen molar-refractivity contribution in [1.82, 2.24) is 14.3 Å². The molecule has 1 atom stereocenters. The summed E-state index contributed by atoms with van der Waals surface area (Å²) < 4.78 is 8.88. The molecular formula is C16H17N3O2. The van der Waals surface area contributed by atoms with Gasteiger partial charge in [0.2, 0.25) is 0 Å². The van der Waals surface area contributed by atoms with Crippen LogP contribution in [-0.4, -0.2) is 26.6 Å². The maximum atomic E-state index is 10.3. The monoisotopic (exact) mass is 283 g/mol. The molecule has 0 saturated carbocycles. The molecule has 1 aromatic carbocycles. The van der Waals surface area contributed by atoms with Crippen molar-refractivity contribution in [2.75, 3.05) is 7.11 Å². The topological polar surface area (TPSA) is 52.2 Å². The molecule has 3 aromatic rings. The van der Waals surface area contributed by atoms with E-state index in [9.17, 15) is 5.11 Å². The van der Waals surface area contributed by atoms with Gasteiger partial charge < -0.3 is 14.4 Å². The van der Waals surface area contributed by atoms with Gasteiger partial charge in [-0.25, -0.2) is 0 Å². The zero-order valence-electron chi connectivity index (χ0n) is 11.8. The Morgan fingerprint density at radius 3 is 2.81 bits per heavy atom. The van der Waals surface area contributed by atoms with Gasteiger partial charge in [0.1, 0.15) is 5.75 Å². The van der Waals surface area contributed by atoms with Crippen LogP contribution in [0.15, 0.2) is 61.2 Å². The van der Waals surface area contributed by atoms with Gasteiger partial charge in [-0.05, 0) is 29.8 Å². The van der Waals surface area contributed by atoms with E-state index in [-0.39, 0.29) is 0 Å². The number of nitrogens with zero attached hydrogens (tertiary/aromatic N) is 3. The van der Waals surface area contributed by atoms with Crippen molar-refractivity contribution in [2.24, 2.45) is 0 Å². The van der Waals surface area contributed by atoms with Gasteiger partial charge in [-0.1, -0.05) is 12.1 Å². The zero-order chi connectivity index (χ0) is 14.7. The van der Waals surface area contributed by atoms with Crippen LogP contribution in [0, 0.1) is 0 Å². The standard InChI is InChI=1S/C16H17N3O2/c1-21-15-6-4-5-13(9-15)16(20)12-19-11-14(10-17-19)18-7-2-3-8-18/h2-11,16,20H,12H2,1H3/t16-/m1/s1. The van der Waals surface area contributed by atoms with E-state index >= 15 is 0 Å². The second-order valence-corrected chi connectivity index (χ2v) is 4.80. The van der Waals surface area contributed by atoms with Crippen molar-refractivity contribution in [2.45, 2.75) is 12.6 Å². The Balaban J connectivity index is 1.74. The van der Waals surface area contributed by atoms with Crippen molar-refractivity contribution in [3.8, 4) is 11.4 Å². The number of ether oxygens (including phenoxy) is 1. The van der Waals surface area contributed by atoms with E-state index in [4.69, 9.17) is 4.74 Å². The summed E-state index contributed by atoms with van der Waals surface area (Å²) in [6.45, 7) is 0.397. The van der Waals surface area contributed by atoms with E-state index in [1.54, 1.807) is 18.0 Å². The lowest BCUT2D eigenvalue weighted by atomic mass is 10.1. The van der Waals surface area contributed by atoms with Gasteiger partial charge in [0.15, 0.2) is 0 Å². The zero-order valence-corrected chi connectivity index (χ0v) is 11.8. The normalized spacial score (nSPS) is 12.3. The smallest absolute Gasteiger partial charge is 0.119 e. The molecule has 21 heavy (non-hydrogen) atoms. The minimum Gasteiger partial charge on any atom is -0.497 e. The highest BCUT2D eigenvalue weighted by molar-refractivity contribution is 5.30. The third-order valence-electron chi connectivity index (χ3n) is 3.36. The van der Waals surface area contributed by atoms with Crippen LogP contribution >= 0.6 is 0 Å². The van der Waals surface area contributed by atoms with Gasteiger partial charge in [-0.2, -0.15) is 5.10 Å². The van der Waals surface area contributed by atoms with Crippen molar-refractivity contribution in [3.63, 3.8) is 0 Å². The first kappa shape index (κ1) is 13.5. The summed E-state index contributed by atoms with van der Waals surface area (Å²) in [5, 5.41) is 14.6. The van der Waals surface area contributed by atoms with E-state index in [0.29, 0.717) is 6.54 Å². The molecule has 0 radical (unpaired) electrons. The molecule has 0 amide bonds.